The lowest BCUT2D eigenvalue weighted by molar-refractivity contribution is 0.0947. The van der Waals surface area contributed by atoms with Crippen molar-refractivity contribution in [3.63, 3.8) is 0 Å². The van der Waals surface area contributed by atoms with Gasteiger partial charge in [-0.15, -0.1) is 0 Å². The molecule has 0 heterocycles. The molecule has 1 amide bonds. The predicted octanol–water partition coefficient (Wildman–Crippen LogP) is 0.428. The molecule has 1 rings (SSSR count). The molecule has 100 valence electrons. The van der Waals surface area contributed by atoms with Gasteiger partial charge in [-0.2, -0.15) is 0 Å². The van der Waals surface area contributed by atoms with Crippen LogP contribution >= 0.6 is 0 Å². The van der Waals surface area contributed by atoms with Crippen LogP contribution in [0, 0.1) is 0 Å². The smallest absolute Gasteiger partial charge is 0.252 e. The molecule has 1 aromatic carbocycles. The standard InChI is InChI=1S/C12H18N2O3S/c1-9(13-2)8-14-12(15)10-6-4-5-7-11(10)18(3,16)17/h4-7,9,13H,8H2,1-3H3,(H,14,15). The molecule has 1 unspecified atom stereocenters. The van der Waals surface area contributed by atoms with Gasteiger partial charge in [-0.1, -0.05) is 12.1 Å². The minimum Gasteiger partial charge on any atom is -0.350 e. The van der Waals surface area contributed by atoms with Gasteiger partial charge in [0, 0.05) is 18.8 Å². The SMILES string of the molecule is CNC(C)CNC(=O)c1ccccc1S(C)(=O)=O. The average molecular weight is 270 g/mol. The molecule has 0 fully saturated rings. The lowest BCUT2D eigenvalue weighted by Crippen LogP contribution is -2.37. The summed E-state index contributed by atoms with van der Waals surface area (Å²) in [5, 5.41) is 5.68. The molecule has 0 aromatic heterocycles. The topological polar surface area (TPSA) is 75.3 Å². The van der Waals surface area contributed by atoms with Gasteiger partial charge < -0.3 is 10.6 Å². The zero-order valence-corrected chi connectivity index (χ0v) is 11.5. The van der Waals surface area contributed by atoms with Crippen LogP contribution in [0.4, 0.5) is 0 Å². The van der Waals surface area contributed by atoms with Crippen molar-refractivity contribution in [1.82, 2.24) is 10.6 Å². The van der Waals surface area contributed by atoms with E-state index in [1.54, 1.807) is 19.2 Å². The molecule has 1 atom stereocenters. The Kier molecular flexibility index (Phi) is 4.86. The quantitative estimate of drug-likeness (QED) is 0.813. The van der Waals surface area contributed by atoms with E-state index in [4.69, 9.17) is 0 Å². The van der Waals surface area contributed by atoms with Crippen molar-refractivity contribution in [1.29, 1.82) is 0 Å². The van der Waals surface area contributed by atoms with Gasteiger partial charge in [0.2, 0.25) is 0 Å². The van der Waals surface area contributed by atoms with Crippen LogP contribution in [0.5, 0.6) is 0 Å². The number of sulfone groups is 1. The predicted molar refractivity (Wildman–Crippen MR) is 70.4 cm³/mol. The van der Waals surface area contributed by atoms with E-state index >= 15 is 0 Å². The number of benzene rings is 1. The maximum absolute atomic E-state index is 11.9. The van der Waals surface area contributed by atoms with E-state index in [2.05, 4.69) is 10.6 Å². The first-order valence-corrected chi connectivity index (χ1v) is 7.50. The van der Waals surface area contributed by atoms with Crippen LogP contribution in [0.1, 0.15) is 17.3 Å². The summed E-state index contributed by atoms with van der Waals surface area (Å²) in [6.45, 7) is 2.36. The van der Waals surface area contributed by atoms with Gasteiger partial charge in [-0.25, -0.2) is 8.42 Å². The van der Waals surface area contributed by atoms with Crippen LogP contribution in [-0.4, -0.2) is 40.2 Å². The highest BCUT2D eigenvalue weighted by molar-refractivity contribution is 7.90. The number of hydrogen-bond donors (Lipinski definition) is 2. The third-order valence-electron chi connectivity index (χ3n) is 2.59. The van der Waals surface area contributed by atoms with E-state index in [0.29, 0.717) is 6.54 Å². The normalized spacial score (nSPS) is 13.1. The Labute approximate surface area is 108 Å². The summed E-state index contributed by atoms with van der Waals surface area (Å²) in [7, 11) is -1.61. The summed E-state index contributed by atoms with van der Waals surface area (Å²) in [4.78, 5) is 12.0. The van der Waals surface area contributed by atoms with Crippen molar-refractivity contribution < 1.29 is 13.2 Å². The van der Waals surface area contributed by atoms with Crippen molar-refractivity contribution in [2.24, 2.45) is 0 Å². The van der Waals surface area contributed by atoms with Crippen molar-refractivity contribution in [3.8, 4) is 0 Å². The highest BCUT2D eigenvalue weighted by Crippen LogP contribution is 2.14. The van der Waals surface area contributed by atoms with E-state index in [1.807, 2.05) is 6.92 Å². The average Bonchev–Trinajstić information content (AvgIpc) is 2.34. The van der Waals surface area contributed by atoms with Crippen LogP contribution in [0.2, 0.25) is 0 Å². The van der Waals surface area contributed by atoms with E-state index in [1.165, 1.54) is 12.1 Å². The molecule has 0 bridgehead atoms. The Hall–Kier alpha value is -1.40. The van der Waals surface area contributed by atoms with Gasteiger partial charge in [0.25, 0.3) is 5.91 Å². The number of rotatable bonds is 5. The molecular formula is C12H18N2O3S. The second-order valence-corrected chi connectivity index (χ2v) is 6.15. The molecule has 18 heavy (non-hydrogen) atoms. The first kappa shape index (κ1) is 14.7. The Morgan fingerprint density at radius 3 is 2.50 bits per heavy atom. The molecule has 0 spiro atoms. The summed E-state index contributed by atoms with van der Waals surface area (Å²) in [5.41, 5.74) is 0.184. The largest absolute Gasteiger partial charge is 0.350 e. The van der Waals surface area contributed by atoms with Crippen LogP contribution < -0.4 is 10.6 Å². The molecule has 0 saturated heterocycles. The number of carbonyl (C=O) groups excluding carboxylic acids is 1. The maximum atomic E-state index is 11.9. The summed E-state index contributed by atoms with van der Waals surface area (Å²) < 4.78 is 23.1. The highest BCUT2D eigenvalue weighted by atomic mass is 32.2. The van der Waals surface area contributed by atoms with Gasteiger partial charge in [-0.3, -0.25) is 4.79 Å². The summed E-state index contributed by atoms with van der Waals surface area (Å²) >= 11 is 0. The Morgan fingerprint density at radius 2 is 1.94 bits per heavy atom. The van der Waals surface area contributed by atoms with Crippen molar-refractivity contribution in [3.05, 3.63) is 29.8 Å². The van der Waals surface area contributed by atoms with Gasteiger partial charge in [0.1, 0.15) is 0 Å². The number of carbonyl (C=O) groups is 1. The van der Waals surface area contributed by atoms with Crippen LogP contribution in [0.15, 0.2) is 29.2 Å². The molecule has 0 aliphatic heterocycles. The minimum atomic E-state index is -3.40. The summed E-state index contributed by atoms with van der Waals surface area (Å²) in [5.74, 6) is -0.377. The Bertz CT molecular complexity index is 526. The van der Waals surface area contributed by atoms with E-state index < -0.39 is 9.84 Å². The Balaban J connectivity index is 2.93. The molecule has 0 aliphatic carbocycles. The third kappa shape index (κ3) is 3.82. The van der Waals surface area contributed by atoms with Crippen LogP contribution in [0.3, 0.4) is 0 Å². The lowest BCUT2D eigenvalue weighted by atomic mass is 10.2. The first-order valence-electron chi connectivity index (χ1n) is 5.61. The fourth-order valence-corrected chi connectivity index (χ4v) is 2.31. The van der Waals surface area contributed by atoms with Crippen molar-refractivity contribution >= 4 is 15.7 Å². The summed E-state index contributed by atoms with van der Waals surface area (Å²) in [6.07, 6.45) is 1.09. The number of amides is 1. The molecule has 0 radical (unpaired) electrons. The second kappa shape index (κ2) is 5.97. The molecular weight excluding hydrogens is 252 g/mol. The second-order valence-electron chi connectivity index (χ2n) is 4.17. The molecule has 1 aromatic rings. The van der Waals surface area contributed by atoms with E-state index in [0.717, 1.165) is 6.26 Å². The zero-order valence-electron chi connectivity index (χ0n) is 10.7. The molecule has 6 heteroatoms. The number of nitrogens with one attached hydrogen (secondary N) is 2. The zero-order chi connectivity index (χ0) is 13.8. The third-order valence-corrected chi connectivity index (χ3v) is 3.75. The van der Waals surface area contributed by atoms with E-state index in [-0.39, 0.29) is 22.4 Å². The first-order chi connectivity index (χ1) is 8.36. The number of hydrogen-bond acceptors (Lipinski definition) is 4. The summed E-state index contributed by atoms with van der Waals surface area (Å²) in [6, 6.07) is 6.31. The Morgan fingerprint density at radius 1 is 1.33 bits per heavy atom. The fourth-order valence-electron chi connectivity index (χ4n) is 1.42. The molecule has 0 saturated carbocycles. The molecule has 0 aliphatic rings. The fraction of sp³-hybridized carbons (Fsp3) is 0.417. The van der Waals surface area contributed by atoms with Crippen molar-refractivity contribution in [2.75, 3.05) is 19.8 Å². The van der Waals surface area contributed by atoms with Gasteiger partial charge in [-0.05, 0) is 26.1 Å². The van der Waals surface area contributed by atoms with Crippen LogP contribution in [0.25, 0.3) is 0 Å². The monoisotopic (exact) mass is 270 g/mol. The maximum Gasteiger partial charge on any atom is 0.252 e. The van der Waals surface area contributed by atoms with Gasteiger partial charge >= 0.3 is 0 Å². The van der Waals surface area contributed by atoms with Crippen LogP contribution in [-0.2, 0) is 9.84 Å². The lowest BCUT2D eigenvalue weighted by Gasteiger charge is -2.12. The van der Waals surface area contributed by atoms with Gasteiger partial charge in [0.05, 0.1) is 10.5 Å². The highest BCUT2D eigenvalue weighted by Gasteiger charge is 2.17. The van der Waals surface area contributed by atoms with Crippen molar-refractivity contribution in [2.45, 2.75) is 17.9 Å². The molecule has 2 N–H and O–H groups in total. The molecule has 5 nitrogen and oxygen atoms in total. The minimum absolute atomic E-state index is 0.0552. The number of likely N-dealkylation sites (N-methyl/N-ethyl adjacent to an activating group) is 1. The van der Waals surface area contributed by atoms with Gasteiger partial charge in [0.15, 0.2) is 9.84 Å². The van der Waals surface area contributed by atoms with E-state index in [9.17, 15) is 13.2 Å².